The molecular formula is C14H26N4OS. The highest BCUT2D eigenvalue weighted by atomic mass is 32.1. The van der Waals surface area contributed by atoms with E-state index < -0.39 is 0 Å². The molecule has 0 bridgehead atoms. The molecule has 1 saturated heterocycles. The van der Waals surface area contributed by atoms with Gasteiger partial charge in [0.1, 0.15) is 5.82 Å². The van der Waals surface area contributed by atoms with E-state index in [2.05, 4.69) is 47.3 Å². The van der Waals surface area contributed by atoms with E-state index in [-0.39, 0.29) is 6.10 Å². The van der Waals surface area contributed by atoms with Crippen LogP contribution in [-0.2, 0) is 4.74 Å². The smallest absolute Gasteiger partial charge is 0.202 e. The minimum atomic E-state index is 0.244. The van der Waals surface area contributed by atoms with Gasteiger partial charge >= 0.3 is 0 Å². The summed E-state index contributed by atoms with van der Waals surface area (Å²) < 4.78 is 10.2. The van der Waals surface area contributed by atoms with Crippen LogP contribution in [0.4, 0.5) is 5.13 Å². The second-order valence-electron chi connectivity index (χ2n) is 6.14. The molecule has 1 aromatic heterocycles. The quantitative estimate of drug-likeness (QED) is 0.874. The molecule has 0 radical (unpaired) electrons. The number of aromatic nitrogens is 2. The maximum absolute atomic E-state index is 5.82. The fraction of sp³-hybridized carbons (Fsp3) is 0.857. The maximum atomic E-state index is 5.82. The second kappa shape index (κ2) is 7.33. The summed E-state index contributed by atoms with van der Waals surface area (Å²) in [5.74, 6) is 2.01. The molecular weight excluding hydrogens is 272 g/mol. The van der Waals surface area contributed by atoms with Gasteiger partial charge in [0.2, 0.25) is 5.13 Å². The zero-order valence-electron chi connectivity index (χ0n) is 12.9. The van der Waals surface area contributed by atoms with Crippen molar-refractivity contribution in [2.75, 3.05) is 38.1 Å². The molecule has 0 spiro atoms. The van der Waals surface area contributed by atoms with Crippen LogP contribution >= 0.6 is 11.5 Å². The fourth-order valence-electron chi connectivity index (χ4n) is 2.33. The Balaban J connectivity index is 1.78. The largest absolute Gasteiger partial charge is 0.374 e. The molecule has 2 rings (SSSR count). The predicted molar refractivity (Wildman–Crippen MR) is 83.5 cm³/mol. The van der Waals surface area contributed by atoms with Crippen LogP contribution in [0.2, 0.25) is 0 Å². The van der Waals surface area contributed by atoms with Crippen molar-refractivity contribution in [2.24, 2.45) is 5.92 Å². The highest BCUT2D eigenvalue weighted by molar-refractivity contribution is 7.09. The van der Waals surface area contributed by atoms with E-state index in [0.29, 0.717) is 11.8 Å². The van der Waals surface area contributed by atoms with Crippen LogP contribution in [0.5, 0.6) is 0 Å². The predicted octanol–water partition coefficient (Wildman–Crippen LogP) is 2.43. The average Bonchev–Trinajstić information content (AvgIpc) is 2.85. The van der Waals surface area contributed by atoms with E-state index in [4.69, 9.17) is 4.74 Å². The van der Waals surface area contributed by atoms with Gasteiger partial charge in [0, 0.05) is 43.6 Å². The van der Waals surface area contributed by atoms with Gasteiger partial charge in [0.05, 0.1) is 12.7 Å². The van der Waals surface area contributed by atoms with Crippen molar-refractivity contribution < 1.29 is 4.74 Å². The standard InChI is InChI=1S/C14H26N4OS/c1-10(2)8-18-5-6-19-12(9-18)7-15-14-16-13(11(3)4)17-20-14/h10-12H,5-9H2,1-4H3,(H,15,16,17). The van der Waals surface area contributed by atoms with Gasteiger partial charge < -0.3 is 10.1 Å². The highest BCUT2D eigenvalue weighted by Gasteiger charge is 2.21. The van der Waals surface area contributed by atoms with Crippen LogP contribution in [0, 0.1) is 5.92 Å². The van der Waals surface area contributed by atoms with Gasteiger partial charge in [0.25, 0.3) is 0 Å². The average molecular weight is 298 g/mol. The first-order chi connectivity index (χ1) is 9.54. The number of nitrogens with zero attached hydrogens (tertiary/aromatic N) is 3. The Morgan fingerprint density at radius 3 is 2.85 bits per heavy atom. The van der Waals surface area contributed by atoms with Crippen molar-refractivity contribution in [2.45, 2.75) is 39.7 Å². The van der Waals surface area contributed by atoms with Crippen LogP contribution in [-0.4, -0.2) is 53.1 Å². The van der Waals surface area contributed by atoms with E-state index >= 15 is 0 Å². The Bertz CT molecular complexity index is 408. The molecule has 1 atom stereocenters. The summed E-state index contributed by atoms with van der Waals surface area (Å²) in [4.78, 5) is 6.97. The first-order valence-electron chi connectivity index (χ1n) is 7.46. The second-order valence-corrected chi connectivity index (χ2v) is 6.89. The van der Waals surface area contributed by atoms with Gasteiger partial charge in [-0.25, -0.2) is 4.98 Å². The van der Waals surface area contributed by atoms with Crippen LogP contribution in [0.1, 0.15) is 39.4 Å². The molecule has 2 heterocycles. The minimum Gasteiger partial charge on any atom is -0.374 e. The SMILES string of the molecule is CC(C)CN1CCOC(CNc2nc(C(C)C)ns2)C1. The number of nitrogens with one attached hydrogen (secondary N) is 1. The fourth-order valence-corrected chi connectivity index (χ4v) is 3.04. The lowest BCUT2D eigenvalue weighted by Crippen LogP contribution is -2.46. The maximum Gasteiger partial charge on any atom is 0.202 e. The molecule has 0 amide bonds. The molecule has 6 heteroatoms. The minimum absolute atomic E-state index is 0.244. The Kier molecular flexibility index (Phi) is 5.74. The van der Waals surface area contributed by atoms with Crippen molar-refractivity contribution >= 4 is 16.7 Å². The van der Waals surface area contributed by atoms with Gasteiger partial charge in [-0.1, -0.05) is 27.7 Å². The Hall–Kier alpha value is -0.720. The highest BCUT2D eigenvalue weighted by Crippen LogP contribution is 2.17. The van der Waals surface area contributed by atoms with Crippen molar-refractivity contribution in [3.05, 3.63) is 5.82 Å². The molecule has 1 aromatic rings. The molecule has 0 saturated carbocycles. The Morgan fingerprint density at radius 2 is 2.20 bits per heavy atom. The lowest BCUT2D eigenvalue weighted by atomic mass is 10.2. The number of morpholine rings is 1. The number of hydrogen-bond acceptors (Lipinski definition) is 6. The van der Waals surface area contributed by atoms with Gasteiger partial charge in [-0.3, -0.25) is 4.90 Å². The third-order valence-electron chi connectivity index (χ3n) is 3.29. The lowest BCUT2D eigenvalue weighted by Gasteiger charge is -2.33. The molecule has 20 heavy (non-hydrogen) atoms. The molecule has 1 fully saturated rings. The van der Waals surface area contributed by atoms with Crippen molar-refractivity contribution in [1.29, 1.82) is 0 Å². The molecule has 1 unspecified atom stereocenters. The summed E-state index contributed by atoms with van der Waals surface area (Å²) in [6.07, 6.45) is 0.244. The summed E-state index contributed by atoms with van der Waals surface area (Å²) in [5.41, 5.74) is 0. The summed E-state index contributed by atoms with van der Waals surface area (Å²) in [5, 5.41) is 4.26. The van der Waals surface area contributed by atoms with Crippen LogP contribution < -0.4 is 5.32 Å². The van der Waals surface area contributed by atoms with Crippen LogP contribution in [0.15, 0.2) is 0 Å². The van der Waals surface area contributed by atoms with Gasteiger partial charge in [0.15, 0.2) is 0 Å². The molecule has 1 aliphatic heterocycles. The van der Waals surface area contributed by atoms with Crippen LogP contribution in [0.25, 0.3) is 0 Å². The summed E-state index contributed by atoms with van der Waals surface area (Å²) >= 11 is 1.44. The number of hydrogen-bond donors (Lipinski definition) is 1. The molecule has 0 aliphatic carbocycles. The topological polar surface area (TPSA) is 50.3 Å². The lowest BCUT2D eigenvalue weighted by molar-refractivity contribution is -0.0244. The first-order valence-corrected chi connectivity index (χ1v) is 8.23. The zero-order chi connectivity index (χ0) is 14.5. The molecule has 5 nitrogen and oxygen atoms in total. The number of rotatable bonds is 6. The summed E-state index contributed by atoms with van der Waals surface area (Å²) in [6, 6.07) is 0. The van der Waals surface area contributed by atoms with Crippen molar-refractivity contribution in [3.8, 4) is 0 Å². The Morgan fingerprint density at radius 1 is 1.40 bits per heavy atom. The molecule has 1 aliphatic rings. The van der Waals surface area contributed by atoms with E-state index in [9.17, 15) is 0 Å². The summed E-state index contributed by atoms with van der Waals surface area (Å²) in [6.45, 7) is 13.6. The molecule has 114 valence electrons. The Labute approximate surface area is 125 Å². The third kappa shape index (κ3) is 4.68. The first kappa shape index (κ1) is 15.7. The molecule has 0 aromatic carbocycles. The van der Waals surface area contributed by atoms with E-state index in [1.54, 1.807) is 0 Å². The van der Waals surface area contributed by atoms with E-state index in [0.717, 1.165) is 43.7 Å². The van der Waals surface area contributed by atoms with E-state index in [1.165, 1.54) is 11.5 Å². The van der Waals surface area contributed by atoms with Crippen LogP contribution in [0.3, 0.4) is 0 Å². The van der Waals surface area contributed by atoms with E-state index in [1.807, 2.05) is 0 Å². The van der Waals surface area contributed by atoms with Crippen molar-refractivity contribution in [3.63, 3.8) is 0 Å². The normalized spacial score (nSPS) is 20.8. The van der Waals surface area contributed by atoms with Gasteiger partial charge in [-0.2, -0.15) is 4.37 Å². The van der Waals surface area contributed by atoms with Gasteiger partial charge in [-0.05, 0) is 5.92 Å². The summed E-state index contributed by atoms with van der Waals surface area (Å²) in [7, 11) is 0. The number of ether oxygens (including phenoxy) is 1. The van der Waals surface area contributed by atoms with Crippen molar-refractivity contribution in [1.82, 2.24) is 14.3 Å². The number of anilines is 1. The monoisotopic (exact) mass is 298 g/mol. The van der Waals surface area contributed by atoms with Gasteiger partial charge in [-0.15, -0.1) is 0 Å². The zero-order valence-corrected chi connectivity index (χ0v) is 13.7. The third-order valence-corrected chi connectivity index (χ3v) is 3.97. The molecule has 1 N–H and O–H groups in total.